The monoisotopic (exact) mass is 454 g/mol. The molecule has 0 aliphatic carbocycles. The van der Waals surface area contributed by atoms with Gasteiger partial charge < -0.3 is 26.8 Å². The molecule has 1 aliphatic rings. The number of pyridine rings is 2. The third-order valence-electron chi connectivity index (χ3n) is 5.69. The number of anilines is 3. The van der Waals surface area contributed by atoms with E-state index in [1.165, 1.54) is 24.5 Å². The summed E-state index contributed by atoms with van der Waals surface area (Å²) in [6.07, 6.45) is 4.44. The van der Waals surface area contributed by atoms with Crippen molar-refractivity contribution in [2.75, 3.05) is 29.0 Å². The van der Waals surface area contributed by atoms with Crippen LogP contribution in [0.25, 0.3) is 10.2 Å². The van der Waals surface area contributed by atoms with Crippen LogP contribution in [-0.2, 0) is 11.2 Å². The van der Waals surface area contributed by atoms with Gasteiger partial charge in [0, 0.05) is 62.0 Å². The number of hydrogen-bond donors (Lipinski definition) is 4. The maximum absolute atomic E-state index is 13.3. The number of hydrogen-bond acceptors (Lipinski definition) is 9. The van der Waals surface area contributed by atoms with Gasteiger partial charge in [0.2, 0.25) is 5.91 Å². The van der Waals surface area contributed by atoms with Crippen molar-refractivity contribution in [1.29, 1.82) is 0 Å². The molecule has 3 atom stereocenters. The minimum Gasteiger partial charge on any atom is -0.391 e. The van der Waals surface area contributed by atoms with E-state index in [0.717, 1.165) is 16.0 Å². The molecule has 0 saturated carbocycles. The van der Waals surface area contributed by atoms with Crippen LogP contribution in [0.2, 0.25) is 0 Å². The molecule has 9 nitrogen and oxygen atoms in total. The van der Waals surface area contributed by atoms with Crippen molar-refractivity contribution in [2.24, 2.45) is 11.7 Å². The van der Waals surface area contributed by atoms with E-state index in [2.05, 4.69) is 20.2 Å². The molecule has 0 unspecified atom stereocenters. The molecule has 1 aliphatic heterocycles. The molecule has 4 heterocycles. The molecule has 1 fully saturated rings. The third-order valence-corrected chi connectivity index (χ3v) is 6.64. The molecule has 1 saturated heterocycles. The summed E-state index contributed by atoms with van der Waals surface area (Å²) < 4.78 is 0.730. The SMILES string of the molecule is CC(=O)Nc1cnc2c(C(=O)Cc3cnccc3N3C[C@@H](N)[C@H](O)[C@@H](C)C3)c(N)sc2c1. The van der Waals surface area contributed by atoms with Crippen LogP contribution in [-0.4, -0.2) is 52.0 Å². The number of aliphatic hydroxyl groups is 1. The Morgan fingerprint density at radius 3 is 2.84 bits per heavy atom. The molecular formula is C22H26N6O3S. The highest BCUT2D eigenvalue weighted by Gasteiger charge is 2.32. The van der Waals surface area contributed by atoms with E-state index in [1.54, 1.807) is 18.5 Å². The molecule has 3 aromatic rings. The fourth-order valence-electron chi connectivity index (χ4n) is 4.17. The third kappa shape index (κ3) is 4.29. The fourth-order valence-corrected chi connectivity index (χ4v) is 5.16. The zero-order chi connectivity index (χ0) is 23.0. The fraction of sp³-hybridized carbons (Fsp3) is 0.364. The Hall–Kier alpha value is -3.08. The second-order valence-corrected chi connectivity index (χ2v) is 9.32. The first-order valence-corrected chi connectivity index (χ1v) is 11.2. The van der Waals surface area contributed by atoms with E-state index in [0.29, 0.717) is 34.9 Å². The van der Waals surface area contributed by atoms with Crippen LogP contribution in [0, 0.1) is 5.92 Å². The number of nitrogens with one attached hydrogen (secondary N) is 1. The van der Waals surface area contributed by atoms with Crippen molar-refractivity contribution < 1.29 is 14.7 Å². The summed E-state index contributed by atoms with van der Waals surface area (Å²) in [5.74, 6) is -0.346. The Balaban J connectivity index is 1.62. The molecule has 10 heteroatoms. The number of ketones is 1. The number of nitrogens with two attached hydrogens (primary N) is 2. The zero-order valence-corrected chi connectivity index (χ0v) is 18.7. The predicted octanol–water partition coefficient (Wildman–Crippen LogP) is 1.80. The van der Waals surface area contributed by atoms with Crippen molar-refractivity contribution in [1.82, 2.24) is 9.97 Å². The van der Waals surface area contributed by atoms with E-state index in [-0.39, 0.29) is 30.1 Å². The highest BCUT2D eigenvalue weighted by atomic mass is 32.1. The number of piperidine rings is 1. The first-order chi connectivity index (χ1) is 15.2. The van der Waals surface area contributed by atoms with Crippen LogP contribution in [0.5, 0.6) is 0 Å². The Kier molecular flexibility index (Phi) is 6.09. The number of aromatic nitrogens is 2. The number of rotatable bonds is 5. The Bertz CT molecular complexity index is 1170. The summed E-state index contributed by atoms with van der Waals surface area (Å²) in [4.78, 5) is 35.3. The lowest BCUT2D eigenvalue weighted by Crippen LogP contribution is -2.55. The average Bonchev–Trinajstić information content (AvgIpc) is 3.06. The van der Waals surface area contributed by atoms with E-state index in [1.807, 2.05) is 13.0 Å². The summed E-state index contributed by atoms with van der Waals surface area (Å²) in [6.45, 7) is 4.51. The molecule has 0 spiro atoms. The van der Waals surface area contributed by atoms with Gasteiger partial charge in [-0.25, -0.2) is 0 Å². The van der Waals surface area contributed by atoms with Gasteiger partial charge in [-0.2, -0.15) is 0 Å². The molecule has 0 radical (unpaired) electrons. The highest BCUT2D eigenvalue weighted by molar-refractivity contribution is 7.23. The molecule has 1 amide bonds. The van der Waals surface area contributed by atoms with E-state index >= 15 is 0 Å². The maximum Gasteiger partial charge on any atom is 0.221 e. The van der Waals surface area contributed by atoms with Crippen molar-refractivity contribution in [3.05, 3.63) is 41.9 Å². The lowest BCUT2D eigenvalue weighted by molar-refractivity contribution is -0.114. The number of carbonyl (C=O) groups excluding carboxylic acids is 2. The number of amides is 1. The van der Waals surface area contributed by atoms with Gasteiger partial charge in [0.15, 0.2) is 5.78 Å². The normalized spacial score (nSPS) is 21.0. The lowest BCUT2D eigenvalue weighted by Gasteiger charge is -2.40. The number of thiophene rings is 1. The average molecular weight is 455 g/mol. The number of fused-ring (bicyclic) bond motifs is 1. The first kappa shape index (κ1) is 22.1. The topological polar surface area (TPSA) is 147 Å². The van der Waals surface area contributed by atoms with Crippen LogP contribution >= 0.6 is 11.3 Å². The molecule has 32 heavy (non-hydrogen) atoms. The summed E-state index contributed by atoms with van der Waals surface area (Å²) in [6, 6.07) is 3.26. The minimum atomic E-state index is -0.552. The molecule has 6 N–H and O–H groups in total. The van der Waals surface area contributed by atoms with Crippen LogP contribution in [0.4, 0.5) is 16.4 Å². The molecule has 0 bridgehead atoms. The Morgan fingerprint density at radius 2 is 2.12 bits per heavy atom. The zero-order valence-electron chi connectivity index (χ0n) is 17.9. The Labute approximate surface area is 189 Å². The van der Waals surface area contributed by atoms with Gasteiger partial charge in [-0.3, -0.25) is 19.6 Å². The van der Waals surface area contributed by atoms with Gasteiger partial charge in [0.1, 0.15) is 0 Å². The Morgan fingerprint density at radius 1 is 1.34 bits per heavy atom. The molecule has 4 rings (SSSR count). The van der Waals surface area contributed by atoms with Gasteiger partial charge in [0.25, 0.3) is 0 Å². The van der Waals surface area contributed by atoms with Gasteiger partial charge >= 0.3 is 0 Å². The predicted molar refractivity (Wildman–Crippen MR) is 126 cm³/mol. The van der Waals surface area contributed by atoms with E-state index < -0.39 is 6.10 Å². The molecule has 3 aromatic heterocycles. The smallest absolute Gasteiger partial charge is 0.221 e. The molecule has 168 valence electrons. The van der Waals surface area contributed by atoms with Crippen LogP contribution in [0.1, 0.15) is 29.8 Å². The number of Topliss-reactive ketones (excluding diaryl/α,β-unsaturated/α-hetero) is 1. The van der Waals surface area contributed by atoms with Crippen LogP contribution in [0.15, 0.2) is 30.7 Å². The van der Waals surface area contributed by atoms with Gasteiger partial charge in [-0.05, 0) is 12.1 Å². The van der Waals surface area contributed by atoms with Crippen molar-refractivity contribution in [3.63, 3.8) is 0 Å². The molecule has 0 aromatic carbocycles. The summed E-state index contributed by atoms with van der Waals surface area (Å²) >= 11 is 1.26. The highest BCUT2D eigenvalue weighted by Crippen LogP contribution is 2.35. The minimum absolute atomic E-state index is 0.00827. The summed E-state index contributed by atoms with van der Waals surface area (Å²) in [5, 5.41) is 13.3. The lowest BCUT2D eigenvalue weighted by atomic mass is 9.92. The second kappa shape index (κ2) is 8.81. The van der Waals surface area contributed by atoms with E-state index in [9.17, 15) is 14.7 Å². The van der Waals surface area contributed by atoms with Gasteiger partial charge in [0.05, 0.1) is 38.8 Å². The summed E-state index contributed by atoms with van der Waals surface area (Å²) in [5.41, 5.74) is 15.4. The van der Waals surface area contributed by atoms with Crippen molar-refractivity contribution >= 4 is 49.6 Å². The second-order valence-electron chi connectivity index (χ2n) is 8.23. The standard InChI is InChI=1S/C22H26N6O3S/c1-11-9-28(10-15(23)21(11)31)16-3-4-25-7-13(16)5-17(30)19-20-18(32-22(19)24)6-14(8-26-20)27-12(2)29/h3-4,6-8,11,15,21,31H,5,9-10,23-24H2,1-2H3,(H,27,29)/t11-,15+,21+/m0/s1. The first-order valence-electron chi connectivity index (χ1n) is 10.3. The number of carbonyl (C=O) groups is 2. The van der Waals surface area contributed by atoms with Gasteiger partial charge in [-0.1, -0.05) is 6.92 Å². The number of aliphatic hydroxyl groups excluding tert-OH is 1. The largest absolute Gasteiger partial charge is 0.391 e. The van der Waals surface area contributed by atoms with Gasteiger partial charge in [-0.15, -0.1) is 11.3 Å². The number of nitrogen functional groups attached to an aromatic ring is 1. The van der Waals surface area contributed by atoms with E-state index in [4.69, 9.17) is 11.5 Å². The van der Waals surface area contributed by atoms with Crippen LogP contribution in [0.3, 0.4) is 0 Å². The van der Waals surface area contributed by atoms with Crippen molar-refractivity contribution in [2.45, 2.75) is 32.4 Å². The number of nitrogens with zero attached hydrogens (tertiary/aromatic N) is 3. The summed E-state index contributed by atoms with van der Waals surface area (Å²) in [7, 11) is 0. The molecular weight excluding hydrogens is 428 g/mol. The van der Waals surface area contributed by atoms with Crippen LogP contribution < -0.4 is 21.7 Å². The quantitative estimate of drug-likeness (QED) is 0.427. The maximum atomic E-state index is 13.3. The van der Waals surface area contributed by atoms with Crippen molar-refractivity contribution in [3.8, 4) is 0 Å².